The van der Waals surface area contributed by atoms with Gasteiger partial charge in [-0.1, -0.05) is 36.5 Å². The number of hydrogen-bond donors (Lipinski definition) is 0. The molecule has 2 heteroatoms. The van der Waals surface area contributed by atoms with Gasteiger partial charge < -0.3 is 0 Å². The minimum atomic E-state index is 0.272. The smallest absolute Gasteiger partial charge is 0.0874 e. The highest BCUT2D eigenvalue weighted by molar-refractivity contribution is 8.13. The van der Waals surface area contributed by atoms with E-state index in [1.807, 2.05) is 0 Å². The summed E-state index contributed by atoms with van der Waals surface area (Å²) in [5, 5.41) is 1.23. The highest BCUT2D eigenvalue weighted by atomic mass is 32.2. The molecule has 0 N–H and O–H groups in total. The second-order valence-corrected chi connectivity index (χ2v) is 3.67. The first-order valence-corrected chi connectivity index (χ1v) is 5.27. The molecule has 12 heavy (non-hydrogen) atoms. The fourth-order valence-electron chi connectivity index (χ4n) is 1.40. The molecule has 2 aliphatic heterocycles. The van der Waals surface area contributed by atoms with Crippen LogP contribution in [-0.2, 0) is 0 Å². The summed E-state index contributed by atoms with van der Waals surface area (Å²) >= 11 is 1.75. The van der Waals surface area contributed by atoms with Crippen LogP contribution in [0.1, 0.15) is 0 Å². The van der Waals surface area contributed by atoms with Crippen LogP contribution in [-0.4, -0.2) is 17.3 Å². The zero-order valence-corrected chi connectivity index (χ0v) is 7.79. The van der Waals surface area contributed by atoms with E-state index < -0.39 is 0 Å². The molecule has 3 rings (SSSR count). The van der Waals surface area contributed by atoms with Gasteiger partial charge in [0.2, 0.25) is 0 Å². The van der Waals surface area contributed by atoms with Gasteiger partial charge in [-0.3, -0.25) is 4.99 Å². The predicted octanol–water partition coefficient (Wildman–Crippen LogP) is 2.43. The topological polar surface area (TPSA) is 12.4 Å². The number of hydrogen-bond acceptors (Lipinski definition) is 2. The van der Waals surface area contributed by atoms with E-state index in [0.29, 0.717) is 5.92 Å². The van der Waals surface area contributed by atoms with Gasteiger partial charge in [-0.2, -0.15) is 0 Å². The first-order valence-electron chi connectivity index (χ1n) is 4.05. The Balaban J connectivity index is 2.37. The lowest BCUT2D eigenvalue weighted by atomic mass is 10.0. The number of rotatable bonds is 0. The van der Waals surface area contributed by atoms with Crippen molar-refractivity contribution in [2.45, 2.75) is 6.04 Å². The summed E-state index contributed by atoms with van der Waals surface area (Å²) in [5.74, 6) is 0.418. The molecular formula is C10H11NS. The van der Waals surface area contributed by atoms with Gasteiger partial charge in [-0.25, -0.2) is 0 Å². The molecule has 0 fully saturated rings. The van der Waals surface area contributed by atoms with Crippen molar-refractivity contribution in [1.82, 2.24) is 0 Å². The molecule has 0 unspecified atom stereocenters. The van der Waals surface area contributed by atoms with Crippen molar-refractivity contribution < 1.29 is 0 Å². The van der Waals surface area contributed by atoms with E-state index in [2.05, 4.69) is 47.7 Å². The molecule has 0 aromatic rings. The zero-order valence-electron chi connectivity index (χ0n) is 6.97. The highest BCUT2D eigenvalue weighted by Crippen LogP contribution is 2.22. The SMILES string of the molecule is CSC1=N[C@H]2C=CC=C[C@H]1C=C2. The van der Waals surface area contributed by atoms with Gasteiger partial charge in [0.25, 0.3) is 0 Å². The fourth-order valence-corrected chi connectivity index (χ4v) is 2.05. The van der Waals surface area contributed by atoms with Gasteiger partial charge in [0.05, 0.1) is 11.1 Å². The minimum absolute atomic E-state index is 0.272. The summed E-state index contributed by atoms with van der Waals surface area (Å²) in [6.07, 6.45) is 14.9. The van der Waals surface area contributed by atoms with Crippen LogP contribution in [0.5, 0.6) is 0 Å². The summed E-state index contributed by atoms with van der Waals surface area (Å²) < 4.78 is 0. The van der Waals surface area contributed by atoms with Crippen LogP contribution in [0.25, 0.3) is 0 Å². The normalized spacial score (nSPS) is 31.6. The second-order valence-electron chi connectivity index (χ2n) is 2.84. The van der Waals surface area contributed by atoms with E-state index in [9.17, 15) is 0 Å². The third-order valence-electron chi connectivity index (χ3n) is 2.02. The van der Waals surface area contributed by atoms with Gasteiger partial charge in [0.15, 0.2) is 0 Å². The third kappa shape index (κ3) is 1.39. The molecule has 2 heterocycles. The predicted molar refractivity (Wildman–Crippen MR) is 55.6 cm³/mol. The van der Waals surface area contributed by atoms with Crippen molar-refractivity contribution in [3.8, 4) is 0 Å². The molecule has 2 atom stereocenters. The molecule has 1 nitrogen and oxygen atoms in total. The summed E-state index contributed by atoms with van der Waals surface area (Å²) in [4.78, 5) is 4.58. The molecule has 62 valence electrons. The Morgan fingerprint density at radius 3 is 2.83 bits per heavy atom. The maximum atomic E-state index is 4.58. The number of fused-ring (bicyclic) bond motifs is 1. The van der Waals surface area contributed by atoms with Crippen LogP contribution in [0.2, 0.25) is 0 Å². The van der Waals surface area contributed by atoms with E-state index >= 15 is 0 Å². The Kier molecular flexibility index (Phi) is 2.17. The standard InChI is InChI=1S/C10H11NS/c1-12-10-8-4-2-3-5-9(11-10)7-6-8/h2-9H,1H3/t8-,9-/m0/s1. The minimum Gasteiger partial charge on any atom is -0.270 e. The number of thioether (sulfide) groups is 1. The Morgan fingerprint density at radius 1 is 1.17 bits per heavy atom. The molecule has 0 aromatic heterocycles. The van der Waals surface area contributed by atoms with Crippen molar-refractivity contribution in [2.24, 2.45) is 10.9 Å². The number of nitrogens with zero attached hydrogens (tertiary/aromatic N) is 1. The van der Waals surface area contributed by atoms with Crippen LogP contribution in [0, 0.1) is 5.92 Å². The number of allylic oxidation sites excluding steroid dienone is 4. The highest BCUT2D eigenvalue weighted by Gasteiger charge is 2.15. The molecule has 0 saturated heterocycles. The van der Waals surface area contributed by atoms with Crippen LogP contribution in [0.3, 0.4) is 0 Å². The largest absolute Gasteiger partial charge is 0.270 e. The molecule has 0 saturated carbocycles. The van der Waals surface area contributed by atoms with Crippen LogP contribution < -0.4 is 0 Å². The molecule has 0 amide bonds. The van der Waals surface area contributed by atoms with E-state index in [1.54, 1.807) is 11.8 Å². The van der Waals surface area contributed by atoms with Gasteiger partial charge >= 0.3 is 0 Å². The Labute approximate surface area is 77.0 Å². The zero-order chi connectivity index (χ0) is 8.39. The average molecular weight is 177 g/mol. The lowest BCUT2D eigenvalue weighted by Gasteiger charge is -2.18. The Hall–Kier alpha value is -0.760. The fraction of sp³-hybridized carbons (Fsp3) is 0.300. The number of aliphatic imine (C=N–C) groups is 1. The summed E-state index contributed by atoms with van der Waals surface area (Å²) in [7, 11) is 0. The van der Waals surface area contributed by atoms with Crippen LogP contribution in [0.15, 0.2) is 41.4 Å². The van der Waals surface area contributed by atoms with Crippen molar-refractivity contribution >= 4 is 16.8 Å². The molecule has 1 aliphatic carbocycles. The lowest BCUT2D eigenvalue weighted by molar-refractivity contribution is 0.946. The summed E-state index contributed by atoms with van der Waals surface area (Å²) in [6, 6.07) is 0.272. The maximum Gasteiger partial charge on any atom is 0.0874 e. The summed E-state index contributed by atoms with van der Waals surface area (Å²) in [5.41, 5.74) is 0. The average Bonchev–Trinajstić information content (AvgIpc) is 2.05. The monoisotopic (exact) mass is 177 g/mol. The van der Waals surface area contributed by atoms with Crippen molar-refractivity contribution in [1.29, 1.82) is 0 Å². The first kappa shape index (κ1) is 7.87. The molecular weight excluding hydrogens is 166 g/mol. The van der Waals surface area contributed by atoms with Gasteiger partial charge in [0, 0.05) is 5.92 Å². The quantitative estimate of drug-likeness (QED) is 0.518. The Morgan fingerprint density at radius 2 is 2.00 bits per heavy atom. The van der Waals surface area contributed by atoms with E-state index in [4.69, 9.17) is 0 Å². The van der Waals surface area contributed by atoms with E-state index in [-0.39, 0.29) is 6.04 Å². The van der Waals surface area contributed by atoms with Crippen molar-refractivity contribution in [3.05, 3.63) is 36.5 Å². The number of dihydropyridines is 1. The second kappa shape index (κ2) is 3.31. The van der Waals surface area contributed by atoms with Gasteiger partial charge in [0.1, 0.15) is 0 Å². The van der Waals surface area contributed by atoms with Crippen molar-refractivity contribution in [3.63, 3.8) is 0 Å². The lowest BCUT2D eigenvalue weighted by Crippen LogP contribution is -2.15. The Bertz CT molecular complexity index is 286. The molecule has 0 spiro atoms. The molecule has 2 bridgehead atoms. The third-order valence-corrected chi connectivity index (χ3v) is 2.82. The molecule has 0 radical (unpaired) electrons. The van der Waals surface area contributed by atoms with Gasteiger partial charge in [-0.15, -0.1) is 11.8 Å². The van der Waals surface area contributed by atoms with Crippen LogP contribution in [0.4, 0.5) is 0 Å². The van der Waals surface area contributed by atoms with E-state index in [1.165, 1.54) is 5.04 Å². The molecule has 0 aromatic carbocycles. The first-order chi connectivity index (χ1) is 5.90. The molecule has 3 aliphatic rings. The van der Waals surface area contributed by atoms with E-state index in [0.717, 1.165) is 0 Å². The van der Waals surface area contributed by atoms with Crippen LogP contribution >= 0.6 is 11.8 Å². The maximum absolute atomic E-state index is 4.58. The van der Waals surface area contributed by atoms with Crippen molar-refractivity contribution in [2.75, 3.05) is 6.26 Å². The van der Waals surface area contributed by atoms with Gasteiger partial charge in [-0.05, 0) is 6.26 Å². The summed E-state index contributed by atoms with van der Waals surface area (Å²) in [6.45, 7) is 0.